The zero-order chi connectivity index (χ0) is 29.2. The fraction of sp³-hybridized carbons (Fsp3) is 1.00. The summed E-state index contributed by atoms with van der Waals surface area (Å²) in [6, 6.07) is 0. The largest absolute Gasteiger partial charge is 0.460 e. The Labute approximate surface area is 214 Å². The highest BCUT2D eigenvalue weighted by atomic mass is 19.4. The van der Waals surface area contributed by atoms with Crippen LogP contribution >= 0.6 is 0 Å². The highest BCUT2D eigenvalue weighted by Gasteiger charge is 2.91. The van der Waals surface area contributed by atoms with Crippen molar-refractivity contribution in [3.8, 4) is 0 Å². The molecule has 2 rings (SSSR count). The van der Waals surface area contributed by atoms with Gasteiger partial charge in [-0.05, 0) is 56.3 Å². The molecule has 38 heavy (non-hydrogen) atoms. The highest BCUT2D eigenvalue weighted by Crippen LogP contribution is 2.62. The van der Waals surface area contributed by atoms with Crippen LogP contribution in [0.1, 0.15) is 96.8 Å². The Morgan fingerprint density at radius 3 is 1.34 bits per heavy atom. The predicted molar refractivity (Wildman–Crippen MR) is 115 cm³/mol. The van der Waals surface area contributed by atoms with Crippen LogP contribution in [0.3, 0.4) is 0 Å². The highest BCUT2D eigenvalue weighted by molar-refractivity contribution is 5.11. The van der Waals surface area contributed by atoms with Gasteiger partial charge in [0.15, 0.2) is 0 Å². The molecule has 0 radical (unpaired) electrons. The number of alkyl halides is 13. The van der Waals surface area contributed by atoms with Crippen LogP contribution in [0.25, 0.3) is 0 Å². The van der Waals surface area contributed by atoms with E-state index in [1.807, 2.05) is 0 Å². The van der Waals surface area contributed by atoms with Crippen LogP contribution in [0.2, 0.25) is 0 Å². The van der Waals surface area contributed by atoms with E-state index in [1.165, 1.54) is 12.8 Å². The van der Waals surface area contributed by atoms with Crippen LogP contribution < -0.4 is 0 Å². The number of rotatable bonds is 12. The summed E-state index contributed by atoms with van der Waals surface area (Å²) >= 11 is 0. The molecule has 0 atom stereocenters. The van der Waals surface area contributed by atoms with Gasteiger partial charge in [-0.25, -0.2) is 0 Å². The van der Waals surface area contributed by atoms with E-state index in [0.717, 1.165) is 51.4 Å². The maximum atomic E-state index is 14.5. The third-order valence-corrected chi connectivity index (χ3v) is 8.52. The van der Waals surface area contributed by atoms with Crippen molar-refractivity contribution in [1.82, 2.24) is 0 Å². The zero-order valence-electron chi connectivity index (χ0n) is 21.1. The van der Waals surface area contributed by atoms with E-state index < -0.39 is 54.5 Å². The molecule has 0 saturated heterocycles. The first-order chi connectivity index (χ1) is 17.3. The van der Waals surface area contributed by atoms with Crippen molar-refractivity contribution in [2.75, 3.05) is 0 Å². The number of unbranched alkanes of at least 4 members (excludes halogenated alkanes) is 4. The lowest BCUT2D eigenvalue weighted by atomic mass is 9.67. The van der Waals surface area contributed by atoms with E-state index in [2.05, 4.69) is 6.92 Å². The molecule has 0 aliphatic heterocycles. The van der Waals surface area contributed by atoms with Crippen molar-refractivity contribution in [3.63, 3.8) is 0 Å². The first-order valence-electron chi connectivity index (χ1n) is 13.2. The molecule has 0 aromatic carbocycles. The molecule has 2 aliphatic rings. The molecule has 0 aromatic rings. The predicted octanol–water partition coefficient (Wildman–Crippen LogP) is 10.7. The second-order valence-electron chi connectivity index (χ2n) is 11.0. The Morgan fingerprint density at radius 1 is 0.474 bits per heavy atom. The van der Waals surface area contributed by atoms with Gasteiger partial charge in [0.25, 0.3) is 0 Å². The molecule has 0 N–H and O–H groups in total. The Morgan fingerprint density at radius 2 is 0.895 bits per heavy atom. The maximum Gasteiger partial charge on any atom is 0.460 e. The molecule has 0 unspecified atom stereocenters. The van der Waals surface area contributed by atoms with Crippen LogP contribution in [0, 0.1) is 23.7 Å². The zero-order valence-corrected chi connectivity index (χ0v) is 21.1. The first kappa shape index (κ1) is 33.3. The van der Waals surface area contributed by atoms with Gasteiger partial charge in [0.1, 0.15) is 0 Å². The van der Waals surface area contributed by atoms with E-state index >= 15 is 0 Å². The average Bonchev–Trinajstić information content (AvgIpc) is 2.83. The molecule has 2 saturated carbocycles. The molecule has 0 spiro atoms. The van der Waals surface area contributed by atoms with Crippen LogP contribution in [-0.2, 0) is 0 Å². The second-order valence-corrected chi connectivity index (χ2v) is 11.0. The normalized spacial score (nSPS) is 27.0. The Hall–Kier alpha value is -0.910. The van der Waals surface area contributed by atoms with Crippen molar-refractivity contribution in [1.29, 1.82) is 0 Å². The van der Waals surface area contributed by atoms with Crippen LogP contribution in [0.4, 0.5) is 57.1 Å². The van der Waals surface area contributed by atoms with E-state index in [4.69, 9.17) is 0 Å². The van der Waals surface area contributed by atoms with Gasteiger partial charge in [0, 0.05) is 5.92 Å². The lowest BCUT2D eigenvalue weighted by Crippen LogP contribution is -2.71. The summed E-state index contributed by atoms with van der Waals surface area (Å²) in [6.07, 6.45) is 1.19. The molecule has 0 aromatic heterocycles. The average molecular weight is 583 g/mol. The topological polar surface area (TPSA) is 0 Å². The lowest BCUT2D eigenvalue weighted by molar-refractivity contribution is -0.443. The van der Waals surface area contributed by atoms with E-state index in [0.29, 0.717) is 5.92 Å². The van der Waals surface area contributed by atoms with Gasteiger partial charge >= 0.3 is 35.8 Å². The van der Waals surface area contributed by atoms with Gasteiger partial charge in [0.05, 0.1) is 0 Å². The van der Waals surface area contributed by atoms with Crippen LogP contribution in [0.5, 0.6) is 0 Å². The third kappa shape index (κ3) is 6.20. The van der Waals surface area contributed by atoms with Crippen molar-refractivity contribution in [2.45, 2.75) is 133 Å². The van der Waals surface area contributed by atoms with Crippen molar-refractivity contribution in [2.24, 2.45) is 23.7 Å². The number of hydrogen-bond acceptors (Lipinski definition) is 0. The van der Waals surface area contributed by atoms with Gasteiger partial charge in [-0.15, -0.1) is 0 Å². The minimum Gasteiger partial charge on any atom is -0.199 e. The Bertz CT molecular complexity index is 728. The van der Waals surface area contributed by atoms with Crippen molar-refractivity contribution < 1.29 is 57.1 Å². The Kier molecular flexibility index (Phi) is 10.4. The summed E-state index contributed by atoms with van der Waals surface area (Å²) < 4.78 is 175. The number of halogens is 13. The summed E-state index contributed by atoms with van der Waals surface area (Å²) in [6.45, 7) is 2.12. The summed E-state index contributed by atoms with van der Waals surface area (Å²) in [5, 5.41) is 0. The summed E-state index contributed by atoms with van der Waals surface area (Å²) in [5.74, 6) is -38.4. The van der Waals surface area contributed by atoms with E-state index in [9.17, 15) is 57.1 Å². The van der Waals surface area contributed by atoms with E-state index in [1.54, 1.807) is 0 Å². The summed E-state index contributed by atoms with van der Waals surface area (Å²) in [7, 11) is 0. The fourth-order valence-corrected chi connectivity index (χ4v) is 5.98. The summed E-state index contributed by atoms with van der Waals surface area (Å²) in [5.41, 5.74) is 0. The monoisotopic (exact) mass is 582 g/mol. The van der Waals surface area contributed by atoms with Gasteiger partial charge in [-0.2, -0.15) is 57.1 Å². The van der Waals surface area contributed by atoms with E-state index in [-0.39, 0.29) is 24.7 Å². The number of hydrogen-bond donors (Lipinski definition) is 0. The molecule has 0 amide bonds. The molecule has 2 aliphatic carbocycles. The molecule has 2 fully saturated rings. The molecular weight excluding hydrogens is 547 g/mol. The lowest BCUT2D eigenvalue weighted by Gasteiger charge is -2.44. The smallest absolute Gasteiger partial charge is 0.199 e. The maximum absolute atomic E-state index is 14.5. The first-order valence-corrected chi connectivity index (χ1v) is 13.2. The molecule has 13 heteroatoms. The molecule has 0 nitrogen and oxygen atoms in total. The standard InChI is InChI=1S/C25H35F13/c1-2-3-4-5-6-7-16-8-10-17(11-9-16)18-12-14-19(15-13-18)20(26,27)21(28,29)22(30,31)23(32,33)24(34,35)25(36,37)38/h16-19H,2-15H2,1H3/t16-,17-,18-,19-. The van der Waals surface area contributed by atoms with Gasteiger partial charge in [-0.1, -0.05) is 58.3 Å². The van der Waals surface area contributed by atoms with Crippen LogP contribution in [0.15, 0.2) is 0 Å². The SMILES string of the molecule is CCCCCCC[C@H]1CC[C@H]([C@H]2CC[C@H](C(F)(F)C(F)(F)C(F)(F)C(F)(F)C(F)(F)C(F)(F)F)CC2)CC1. The minimum absolute atomic E-state index is 0.0800. The minimum atomic E-state index is -7.82. The quantitative estimate of drug-likeness (QED) is 0.159. The summed E-state index contributed by atoms with van der Waals surface area (Å²) in [4.78, 5) is 0. The van der Waals surface area contributed by atoms with Crippen LogP contribution in [-0.4, -0.2) is 35.8 Å². The molecule has 0 heterocycles. The van der Waals surface area contributed by atoms with Crippen molar-refractivity contribution in [3.05, 3.63) is 0 Å². The van der Waals surface area contributed by atoms with Crippen molar-refractivity contribution >= 4 is 0 Å². The third-order valence-electron chi connectivity index (χ3n) is 8.52. The molecule has 0 bridgehead atoms. The van der Waals surface area contributed by atoms with Gasteiger partial charge in [0.2, 0.25) is 0 Å². The second kappa shape index (κ2) is 11.9. The van der Waals surface area contributed by atoms with Gasteiger partial charge in [-0.3, -0.25) is 0 Å². The fourth-order valence-electron chi connectivity index (χ4n) is 5.98. The van der Waals surface area contributed by atoms with Gasteiger partial charge < -0.3 is 0 Å². The molecular formula is C25H35F13. The molecule has 226 valence electrons. The Balaban J connectivity index is 1.99.